The average Bonchev–Trinajstić information content (AvgIpc) is 2.53. The molecule has 4 nitrogen and oxygen atoms in total. The van der Waals surface area contributed by atoms with Gasteiger partial charge in [0, 0.05) is 12.6 Å². The van der Waals surface area contributed by atoms with Gasteiger partial charge in [-0.2, -0.15) is 0 Å². The van der Waals surface area contributed by atoms with Gasteiger partial charge in [-0.15, -0.1) is 0 Å². The van der Waals surface area contributed by atoms with Crippen LogP contribution >= 0.6 is 0 Å². The number of aryl methyl sites for hydroxylation is 2. The van der Waals surface area contributed by atoms with E-state index in [1.807, 2.05) is 26.0 Å². The summed E-state index contributed by atoms with van der Waals surface area (Å²) < 4.78 is 23.5. The summed E-state index contributed by atoms with van der Waals surface area (Å²) in [5.41, 5.74) is 3.07. The van der Waals surface area contributed by atoms with E-state index in [1.165, 1.54) is 18.2 Å². The van der Waals surface area contributed by atoms with Crippen LogP contribution in [0, 0.1) is 19.7 Å². The summed E-state index contributed by atoms with van der Waals surface area (Å²) in [6.45, 7) is 4.17. The Kier molecular flexibility index (Phi) is 5.57. The molecular formula is C18H20FNO3. The Morgan fingerprint density at radius 2 is 1.96 bits per heavy atom. The number of methoxy groups -OCH3 is 1. The van der Waals surface area contributed by atoms with Crippen LogP contribution in [0.1, 0.15) is 16.7 Å². The van der Waals surface area contributed by atoms with Crippen molar-refractivity contribution in [2.75, 3.05) is 13.7 Å². The Balaban J connectivity index is 1.88. The van der Waals surface area contributed by atoms with Crippen LogP contribution in [0.15, 0.2) is 36.4 Å². The van der Waals surface area contributed by atoms with Crippen LogP contribution in [-0.2, 0) is 11.3 Å². The number of rotatable bonds is 6. The van der Waals surface area contributed by atoms with Gasteiger partial charge >= 0.3 is 0 Å². The molecule has 0 atom stereocenters. The molecule has 0 radical (unpaired) electrons. The van der Waals surface area contributed by atoms with Crippen LogP contribution in [0.25, 0.3) is 0 Å². The number of halogens is 1. The number of benzene rings is 2. The molecule has 2 aromatic carbocycles. The van der Waals surface area contributed by atoms with Crippen molar-refractivity contribution in [3.05, 3.63) is 58.9 Å². The summed E-state index contributed by atoms with van der Waals surface area (Å²) in [6.07, 6.45) is 0. The van der Waals surface area contributed by atoms with Gasteiger partial charge in [-0.3, -0.25) is 4.79 Å². The lowest BCUT2D eigenvalue weighted by atomic mass is 10.0. The van der Waals surface area contributed by atoms with E-state index in [1.54, 1.807) is 13.2 Å². The smallest absolute Gasteiger partial charge is 0.258 e. The minimum absolute atomic E-state index is 0.155. The van der Waals surface area contributed by atoms with Gasteiger partial charge in [0.15, 0.2) is 6.61 Å². The van der Waals surface area contributed by atoms with Gasteiger partial charge in [0.2, 0.25) is 0 Å². The van der Waals surface area contributed by atoms with Gasteiger partial charge in [-0.1, -0.05) is 12.1 Å². The highest BCUT2D eigenvalue weighted by atomic mass is 19.1. The van der Waals surface area contributed by atoms with Gasteiger partial charge in [0.25, 0.3) is 5.91 Å². The van der Waals surface area contributed by atoms with E-state index >= 15 is 0 Å². The highest BCUT2D eigenvalue weighted by Crippen LogP contribution is 2.22. The van der Waals surface area contributed by atoms with Crippen molar-refractivity contribution in [1.82, 2.24) is 5.32 Å². The number of carbonyl (C=O) groups excluding carboxylic acids is 1. The summed E-state index contributed by atoms with van der Waals surface area (Å²) in [5.74, 6) is 0.498. The number of amides is 1. The lowest BCUT2D eigenvalue weighted by Gasteiger charge is -2.12. The first-order chi connectivity index (χ1) is 11.0. The van der Waals surface area contributed by atoms with Gasteiger partial charge in [-0.05, 0) is 48.7 Å². The van der Waals surface area contributed by atoms with Crippen molar-refractivity contribution >= 4 is 5.91 Å². The fourth-order valence-electron chi connectivity index (χ4n) is 2.21. The predicted octanol–water partition coefficient (Wildman–Crippen LogP) is 3.15. The average molecular weight is 317 g/mol. The van der Waals surface area contributed by atoms with E-state index in [9.17, 15) is 9.18 Å². The van der Waals surface area contributed by atoms with Crippen LogP contribution in [0.5, 0.6) is 11.5 Å². The summed E-state index contributed by atoms with van der Waals surface area (Å²) in [5, 5.41) is 2.79. The minimum Gasteiger partial charge on any atom is -0.496 e. The number of carbonyl (C=O) groups is 1. The molecule has 23 heavy (non-hydrogen) atoms. The molecule has 0 saturated carbocycles. The molecule has 0 aromatic heterocycles. The molecule has 0 heterocycles. The maximum Gasteiger partial charge on any atom is 0.258 e. The third kappa shape index (κ3) is 4.71. The Morgan fingerprint density at radius 1 is 1.17 bits per heavy atom. The van der Waals surface area contributed by atoms with Gasteiger partial charge < -0.3 is 14.8 Å². The van der Waals surface area contributed by atoms with E-state index in [-0.39, 0.29) is 12.5 Å². The van der Waals surface area contributed by atoms with Crippen molar-refractivity contribution in [2.45, 2.75) is 20.4 Å². The second-order valence-corrected chi connectivity index (χ2v) is 5.27. The quantitative estimate of drug-likeness (QED) is 0.890. The zero-order valence-corrected chi connectivity index (χ0v) is 13.5. The molecule has 0 bridgehead atoms. The van der Waals surface area contributed by atoms with Gasteiger partial charge in [0.1, 0.15) is 17.3 Å². The molecule has 1 N–H and O–H groups in total. The minimum atomic E-state index is -0.396. The summed E-state index contributed by atoms with van der Waals surface area (Å²) in [6, 6.07) is 9.63. The van der Waals surface area contributed by atoms with Crippen LogP contribution in [0.4, 0.5) is 4.39 Å². The molecule has 0 unspecified atom stereocenters. The SMILES string of the molecule is COc1cc(C)c(CNC(=O)COc2cccc(F)c2)cc1C. The third-order valence-corrected chi connectivity index (χ3v) is 3.50. The van der Waals surface area contributed by atoms with Crippen LogP contribution in [0.2, 0.25) is 0 Å². The van der Waals surface area contributed by atoms with Crippen molar-refractivity contribution in [3.8, 4) is 11.5 Å². The molecule has 0 spiro atoms. The monoisotopic (exact) mass is 317 g/mol. The molecule has 2 rings (SSSR count). The Labute approximate surface area is 135 Å². The third-order valence-electron chi connectivity index (χ3n) is 3.50. The first-order valence-corrected chi connectivity index (χ1v) is 7.29. The lowest BCUT2D eigenvalue weighted by Crippen LogP contribution is -2.28. The summed E-state index contributed by atoms with van der Waals surface area (Å²) >= 11 is 0. The van der Waals surface area contributed by atoms with Crippen LogP contribution in [-0.4, -0.2) is 19.6 Å². The predicted molar refractivity (Wildman–Crippen MR) is 86.2 cm³/mol. The van der Waals surface area contributed by atoms with Crippen LogP contribution < -0.4 is 14.8 Å². The molecule has 2 aromatic rings. The molecule has 0 fully saturated rings. The number of nitrogens with one attached hydrogen (secondary N) is 1. The van der Waals surface area contributed by atoms with E-state index in [0.29, 0.717) is 12.3 Å². The van der Waals surface area contributed by atoms with Crippen molar-refractivity contribution in [2.24, 2.45) is 0 Å². The Bertz CT molecular complexity index is 701. The molecule has 0 aliphatic carbocycles. The number of hydrogen-bond donors (Lipinski definition) is 1. The topological polar surface area (TPSA) is 47.6 Å². The van der Waals surface area contributed by atoms with E-state index in [0.717, 1.165) is 22.4 Å². The first kappa shape index (κ1) is 16.8. The highest BCUT2D eigenvalue weighted by Gasteiger charge is 2.08. The van der Waals surface area contributed by atoms with Crippen molar-refractivity contribution in [1.29, 1.82) is 0 Å². The molecule has 0 aliphatic heterocycles. The zero-order valence-electron chi connectivity index (χ0n) is 13.5. The first-order valence-electron chi connectivity index (χ1n) is 7.29. The zero-order chi connectivity index (χ0) is 16.8. The fraction of sp³-hybridized carbons (Fsp3) is 0.278. The van der Waals surface area contributed by atoms with Crippen LogP contribution in [0.3, 0.4) is 0 Å². The second kappa shape index (κ2) is 7.63. The standard InChI is InChI=1S/C18H20FNO3/c1-12-8-17(22-3)13(2)7-14(12)10-20-18(21)11-23-16-6-4-5-15(19)9-16/h4-9H,10-11H2,1-3H3,(H,20,21). The normalized spacial score (nSPS) is 10.3. The highest BCUT2D eigenvalue weighted by molar-refractivity contribution is 5.77. The van der Waals surface area contributed by atoms with E-state index in [2.05, 4.69) is 5.32 Å². The Morgan fingerprint density at radius 3 is 2.65 bits per heavy atom. The Hall–Kier alpha value is -2.56. The van der Waals surface area contributed by atoms with E-state index in [4.69, 9.17) is 9.47 Å². The number of ether oxygens (including phenoxy) is 2. The maximum atomic E-state index is 13.0. The van der Waals surface area contributed by atoms with Gasteiger partial charge in [0.05, 0.1) is 7.11 Å². The summed E-state index contributed by atoms with van der Waals surface area (Å²) in [7, 11) is 1.63. The molecule has 1 amide bonds. The molecule has 0 saturated heterocycles. The van der Waals surface area contributed by atoms with Gasteiger partial charge in [-0.25, -0.2) is 4.39 Å². The molecule has 5 heteroatoms. The van der Waals surface area contributed by atoms with Crippen molar-refractivity contribution in [3.63, 3.8) is 0 Å². The summed E-state index contributed by atoms with van der Waals surface area (Å²) in [4.78, 5) is 11.8. The lowest BCUT2D eigenvalue weighted by molar-refractivity contribution is -0.123. The number of hydrogen-bond acceptors (Lipinski definition) is 3. The largest absolute Gasteiger partial charge is 0.496 e. The maximum absolute atomic E-state index is 13.0. The fourth-order valence-corrected chi connectivity index (χ4v) is 2.21. The molecule has 0 aliphatic rings. The van der Waals surface area contributed by atoms with Crippen molar-refractivity contribution < 1.29 is 18.7 Å². The second-order valence-electron chi connectivity index (χ2n) is 5.27. The molecule has 122 valence electrons. The van der Waals surface area contributed by atoms with E-state index < -0.39 is 5.82 Å². The molecular weight excluding hydrogens is 297 g/mol.